The highest BCUT2D eigenvalue weighted by atomic mass is 16.4. The quantitative estimate of drug-likeness (QED) is 0.264. The molecule has 3 aromatic rings. The Kier molecular flexibility index (Phi) is 8.25. The van der Waals surface area contributed by atoms with Crippen LogP contribution in [0, 0.1) is 0 Å². The van der Waals surface area contributed by atoms with E-state index in [0.717, 1.165) is 22.0 Å². The molecule has 5 rings (SSSR count). The van der Waals surface area contributed by atoms with Crippen molar-refractivity contribution in [3.8, 4) is 5.75 Å². The number of likely N-dealkylation sites (tertiary alicyclic amines) is 2. The third-order valence-electron chi connectivity index (χ3n) is 8.08. The number of phenolic OH excluding ortho intramolecular Hbond substituents is 1. The molecule has 216 valence electrons. The third-order valence-corrected chi connectivity index (χ3v) is 8.08. The maximum atomic E-state index is 13.7. The lowest BCUT2D eigenvalue weighted by atomic mass is 10.0. The van der Waals surface area contributed by atoms with Crippen molar-refractivity contribution in [2.45, 2.75) is 62.7 Å². The molecule has 4 atom stereocenters. The third kappa shape index (κ3) is 6.04. The molecule has 2 aliphatic rings. The molecule has 2 saturated heterocycles. The van der Waals surface area contributed by atoms with Crippen molar-refractivity contribution in [3.05, 3.63) is 65.9 Å². The van der Waals surface area contributed by atoms with Gasteiger partial charge in [-0.2, -0.15) is 0 Å². The molecule has 41 heavy (non-hydrogen) atoms. The van der Waals surface area contributed by atoms with Crippen LogP contribution in [0.15, 0.2) is 54.7 Å². The number of nitrogens with zero attached hydrogens (tertiary/aromatic N) is 2. The van der Waals surface area contributed by atoms with Gasteiger partial charge in [-0.25, -0.2) is 4.79 Å². The number of carboxylic acid groups (broad SMARTS) is 1. The van der Waals surface area contributed by atoms with Crippen LogP contribution in [0.4, 0.5) is 0 Å². The lowest BCUT2D eigenvalue weighted by Crippen LogP contribution is -2.56. The van der Waals surface area contributed by atoms with Gasteiger partial charge >= 0.3 is 5.97 Å². The number of aliphatic carboxylic acids is 1. The Morgan fingerprint density at radius 1 is 0.951 bits per heavy atom. The Balaban J connectivity index is 1.24. The van der Waals surface area contributed by atoms with Crippen LogP contribution in [-0.2, 0) is 32.0 Å². The van der Waals surface area contributed by atoms with Crippen molar-refractivity contribution in [2.24, 2.45) is 5.73 Å². The Morgan fingerprint density at radius 2 is 1.63 bits per heavy atom. The number of para-hydroxylation sites is 1. The summed E-state index contributed by atoms with van der Waals surface area (Å²) in [7, 11) is 0. The van der Waals surface area contributed by atoms with Crippen LogP contribution in [0.1, 0.15) is 36.8 Å². The molecule has 2 fully saturated rings. The van der Waals surface area contributed by atoms with Gasteiger partial charge in [-0.15, -0.1) is 0 Å². The van der Waals surface area contributed by atoms with Gasteiger partial charge in [0.1, 0.15) is 23.9 Å². The minimum atomic E-state index is -1.17. The van der Waals surface area contributed by atoms with E-state index < -0.39 is 36.0 Å². The number of phenols is 1. The van der Waals surface area contributed by atoms with Crippen LogP contribution in [0.3, 0.4) is 0 Å². The molecule has 2 aromatic carbocycles. The van der Waals surface area contributed by atoms with Crippen LogP contribution in [0.5, 0.6) is 5.75 Å². The summed E-state index contributed by atoms with van der Waals surface area (Å²) in [6.07, 6.45) is 4.23. The van der Waals surface area contributed by atoms with Crippen molar-refractivity contribution in [3.63, 3.8) is 0 Å². The SMILES string of the molecule is NC(Cc1ccc(O)cc1)C(=O)N1CCCC1C(=O)N1CCCC1C(=O)NC(Cc1c[nH]c2ccccc12)C(=O)O. The molecule has 0 spiro atoms. The number of amides is 3. The van der Waals surface area contributed by atoms with Gasteiger partial charge in [0, 0.05) is 36.6 Å². The predicted octanol–water partition coefficient (Wildman–Crippen LogP) is 1.54. The van der Waals surface area contributed by atoms with Gasteiger partial charge < -0.3 is 36.0 Å². The minimum Gasteiger partial charge on any atom is -0.508 e. The lowest BCUT2D eigenvalue weighted by Gasteiger charge is -2.32. The van der Waals surface area contributed by atoms with Crippen LogP contribution in [0.25, 0.3) is 10.9 Å². The molecule has 0 radical (unpaired) electrons. The van der Waals surface area contributed by atoms with E-state index in [-0.39, 0.29) is 30.4 Å². The Hall–Kier alpha value is -4.38. The number of aromatic hydroxyl groups is 1. The lowest BCUT2D eigenvalue weighted by molar-refractivity contribution is -0.148. The highest BCUT2D eigenvalue weighted by Crippen LogP contribution is 2.26. The van der Waals surface area contributed by atoms with E-state index >= 15 is 0 Å². The van der Waals surface area contributed by atoms with Gasteiger partial charge in [0.25, 0.3) is 0 Å². The number of hydrogen-bond acceptors (Lipinski definition) is 6. The van der Waals surface area contributed by atoms with Gasteiger partial charge in [-0.05, 0) is 61.4 Å². The number of aromatic nitrogens is 1. The number of carbonyl (C=O) groups is 4. The molecule has 3 heterocycles. The first-order valence-corrected chi connectivity index (χ1v) is 14.0. The summed E-state index contributed by atoms with van der Waals surface area (Å²) in [4.78, 5) is 58.5. The van der Waals surface area contributed by atoms with Gasteiger partial charge in [0.15, 0.2) is 0 Å². The number of benzene rings is 2. The number of hydrogen-bond donors (Lipinski definition) is 5. The molecule has 6 N–H and O–H groups in total. The fraction of sp³-hybridized carbons (Fsp3) is 0.400. The van der Waals surface area contributed by atoms with Crippen molar-refractivity contribution in [1.82, 2.24) is 20.1 Å². The van der Waals surface area contributed by atoms with E-state index in [1.54, 1.807) is 18.3 Å². The second-order valence-electron chi connectivity index (χ2n) is 10.8. The van der Waals surface area contributed by atoms with Gasteiger partial charge in [-0.1, -0.05) is 30.3 Å². The number of H-pyrrole nitrogens is 1. The summed E-state index contributed by atoms with van der Waals surface area (Å²) in [6, 6.07) is 10.5. The molecule has 2 aliphatic heterocycles. The zero-order chi connectivity index (χ0) is 29.1. The highest BCUT2D eigenvalue weighted by Gasteiger charge is 2.43. The van der Waals surface area contributed by atoms with Crippen molar-refractivity contribution >= 4 is 34.6 Å². The van der Waals surface area contributed by atoms with Crippen LogP contribution in [-0.4, -0.2) is 85.9 Å². The molecular weight excluding hydrogens is 526 g/mol. The largest absolute Gasteiger partial charge is 0.508 e. The predicted molar refractivity (Wildman–Crippen MR) is 151 cm³/mol. The molecule has 3 amide bonds. The normalized spacial score (nSPS) is 20.2. The van der Waals surface area contributed by atoms with E-state index in [9.17, 15) is 29.4 Å². The fourth-order valence-corrected chi connectivity index (χ4v) is 5.96. The van der Waals surface area contributed by atoms with E-state index in [0.29, 0.717) is 38.8 Å². The number of rotatable bonds is 9. The highest BCUT2D eigenvalue weighted by molar-refractivity contribution is 5.95. The number of carbonyl (C=O) groups excluding carboxylic acids is 3. The molecule has 0 bridgehead atoms. The molecule has 11 nitrogen and oxygen atoms in total. The van der Waals surface area contributed by atoms with Crippen LogP contribution < -0.4 is 11.1 Å². The average molecular weight is 562 g/mol. The standard InChI is InChI=1S/C30H35N5O6/c31-22(15-18-9-11-20(36)12-10-18)28(38)35-14-4-8-26(35)29(39)34-13-3-7-25(34)27(37)33-24(30(40)41)16-19-17-32-23-6-2-1-5-21(19)23/h1-2,5-6,9-12,17,22,24-26,32,36H,3-4,7-8,13-16,31H2,(H,33,37)(H,40,41). The fourth-order valence-electron chi connectivity index (χ4n) is 5.96. The molecule has 0 aliphatic carbocycles. The second kappa shape index (κ2) is 12.0. The molecule has 4 unspecified atom stereocenters. The Bertz CT molecular complexity index is 1440. The number of carboxylic acids is 1. The number of nitrogens with one attached hydrogen (secondary N) is 2. The first kappa shape index (κ1) is 28.2. The number of aromatic amines is 1. The topological polar surface area (TPSA) is 169 Å². The Morgan fingerprint density at radius 3 is 2.37 bits per heavy atom. The summed E-state index contributed by atoms with van der Waals surface area (Å²) in [6.45, 7) is 0.754. The summed E-state index contributed by atoms with van der Waals surface area (Å²) in [5.41, 5.74) is 8.68. The summed E-state index contributed by atoms with van der Waals surface area (Å²) >= 11 is 0. The monoisotopic (exact) mass is 561 g/mol. The van der Waals surface area contributed by atoms with Crippen molar-refractivity contribution < 1.29 is 29.4 Å². The zero-order valence-corrected chi connectivity index (χ0v) is 22.7. The Labute approximate surface area is 237 Å². The van der Waals surface area contributed by atoms with E-state index in [4.69, 9.17) is 5.73 Å². The molecule has 11 heteroatoms. The minimum absolute atomic E-state index is 0.0928. The summed E-state index contributed by atoms with van der Waals surface area (Å²) in [5, 5.41) is 22.9. The van der Waals surface area contributed by atoms with Crippen molar-refractivity contribution in [2.75, 3.05) is 13.1 Å². The van der Waals surface area contributed by atoms with Gasteiger partial charge in [0.2, 0.25) is 17.7 Å². The summed E-state index contributed by atoms with van der Waals surface area (Å²) < 4.78 is 0. The van der Waals surface area contributed by atoms with Crippen LogP contribution in [0.2, 0.25) is 0 Å². The molecular formula is C30H35N5O6. The zero-order valence-electron chi connectivity index (χ0n) is 22.7. The smallest absolute Gasteiger partial charge is 0.326 e. The number of fused-ring (bicyclic) bond motifs is 1. The second-order valence-corrected chi connectivity index (χ2v) is 10.8. The molecule has 0 saturated carbocycles. The van der Waals surface area contributed by atoms with E-state index in [1.165, 1.54) is 21.9 Å². The first-order chi connectivity index (χ1) is 19.7. The maximum absolute atomic E-state index is 13.7. The van der Waals surface area contributed by atoms with E-state index in [2.05, 4.69) is 10.3 Å². The van der Waals surface area contributed by atoms with Crippen LogP contribution >= 0.6 is 0 Å². The van der Waals surface area contributed by atoms with Gasteiger partial charge in [0.05, 0.1) is 6.04 Å². The summed E-state index contributed by atoms with van der Waals surface area (Å²) in [5.74, 6) is -2.19. The maximum Gasteiger partial charge on any atom is 0.326 e. The molecule has 1 aromatic heterocycles. The van der Waals surface area contributed by atoms with Crippen molar-refractivity contribution in [1.29, 1.82) is 0 Å². The van der Waals surface area contributed by atoms with Gasteiger partial charge in [-0.3, -0.25) is 14.4 Å². The number of nitrogens with two attached hydrogens (primary N) is 1. The van der Waals surface area contributed by atoms with E-state index in [1.807, 2.05) is 24.3 Å². The first-order valence-electron chi connectivity index (χ1n) is 14.0. The average Bonchev–Trinajstić information content (AvgIpc) is 3.73.